The summed E-state index contributed by atoms with van der Waals surface area (Å²) in [6, 6.07) is 1.71. The van der Waals surface area contributed by atoms with E-state index in [0.29, 0.717) is 0 Å². The van der Waals surface area contributed by atoms with Crippen molar-refractivity contribution in [2.24, 2.45) is 5.73 Å². The van der Waals surface area contributed by atoms with Crippen LogP contribution in [0.3, 0.4) is 0 Å². The highest BCUT2D eigenvalue weighted by atomic mass is 35.5. The van der Waals surface area contributed by atoms with E-state index < -0.39 is 30.1 Å². The molecule has 0 aromatic heterocycles. The Labute approximate surface area is 96.7 Å². The zero-order chi connectivity index (χ0) is 11.6. The van der Waals surface area contributed by atoms with Gasteiger partial charge in [-0.3, -0.25) is 0 Å². The standard InChI is InChI=1S/C9H11F2NO3.ClH/c10-9(11,4-13)8(12)5-2-1-3-6(14)7(5)15;/h1-3,8,13-15H,4,12H2;1H/t8-;/m1./s1. The second-order valence-corrected chi connectivity index (χ2v) is 3.11. The van der Waals surface area contributed by atoms with Gasteiger partial charge in [0.05, 0.1) is 0 Å². The van der Waals surface area contributed by atoms with E-state index in [2.05, 4.69) is 0 Å². The summed E-state index contributed by atoms with van der Waals surface area (Å²) in [5.74, 6) is -4.78. The van der Waals surface area contributed by atoms with Gasteiger partial charge in [-0.1, -0.05) is 12.1 Å². The number of hydrogen-bond donors (Lipinski definition) is 4. The van der Waals surface area contributed by atoms with Gasteiger partial charge in [0.15, 0.2) is 11.5 Å². The largest absolute Gasteiger partial charge is 0.504 e. The lowest BCUT2D eigenvalue weighted by Gasteiger charge is -2.22. The molecule has 4 nitrogen and oxygen atoms in total. The SMILES string of the molecule is Cl.N[C@H](c1cccc(O)c1O)C(F)(F)CO. The van der Waals surface area contributed by atoms with Crippen molar-refractivity contribution in [3.8, 4) is 11.5 Å². The summed E-state index contributed by atoms with van der Waals surface area (Å²) in [4.78, 5) is 0. The quantitative estimate of drug-likeness (QED) is 0.610. The minimum atomic E-state index is -3.55. The number of aliphatic hydroxyl groups excluding tert-OH is 1. The summed E-state index contributed by atoms with van der Waals surface area (Å²) >= 11 is 0. The molecule has 5 N–H and O–H groups in total. The number of halogens is 3. The van der Waals surface area contributed by atoms with Crippen molar-refractivity contribution in [2.75, 3.05) is 6.61 Å². The Morgan fingerprint density at radius 1 is 1.31 bits per heavy atom. The normalized spacial score (nSPS) is 13.0. The molecule has 92 valence electrons. The van der Waals surface area contributed by atoms with E-state index in [4.69, 9.17) is 15.9 Å². The summed E-state index contributed by atoms with van der Waals surface area (Å²) in [6.07, 6.45) is 0. The van der Waals surface area contributed by atoms with Gasteiger partial charge in [-0.25, -0.2) is 8.78 Å². The maximum Gasteiger partial charge on any atom is 0.289 e. The third-order valence-corrected chi connectivity index (χ3v) is 2.05. The fraction of sp³-hybridized carbons (Fsp3) is 0.333. The molecular formula is C9H12ClF2NO3. The van der Waals surface area contributed by atoms with Crippen molar-refractivity contribution >= 4 is 12.4 Å². The van der Waals surface area contributed by atoms with Gasteiger partial charge in [0.25, 0.3) is 5.92 Å². The summed E-state index contributed by atoms with van der Waals surface area (Å²) < 4.78 is 26.0. The van der Waals surface area contributed by atoms with E-state index in [1.54, 1.807) is 0 Å². The lowest BCUT2D eigenvalue weighted by atomic mass is 10.0. The maximum atomic E-state index is 13.0. The average molecular weight is 256 g/mol. The number of para-hydroxylation sites is 1. The molecule has 16 heavy (non-hydrogen) atoms. The van der Waals surface area contributed by atoms with Crippen LogP contribution in [0.5, 0.6) is 11.5 Å². The van der Waals surface area contributed by atoms with Crippen LogP contribution in [0.25, 0.3) is 0 Å². The zero-order valence-corrected chi connectivity index (χ0v) is 8.92. The van der Waals surface area contributed by atoms with Gasteiger partial charge in [0.1, 0.15) is 12.6 Å². The van der Waals surface area contributed by atoms with Crippen LogP contribution in [0, 0.1) is 0 Å². The summed E-state index contributed by atoms with van der Waals surface area (Å²) in [7, 11) is 0. The van der Waals surface area contributed by atoms with Gasteiger partial charge < -0.3 is 21.1 Å². The maximum absolute atomic E-state index is 13.0. The molecule has 0 unspecified atom stereocenters. The van der Waals surface area contributed by atoms with E-state index in [9.17, 15) is 13.9 Å². The predicted octanol–water partition coefficient (Wildman–Crippen LogP) is 1.15. The molecule has 0 aliphatic heterocycles. The molecule has 0 bridgehead atoms. The van der Waals surface area contributed by atoms with Gasteiger partial charge in [-0.05, 0) is 6.07 Å². The molecule has 0 saturated heterocycles. The fourth-order valence-corrected chi connectivity index (χ4v) is 1.13. The number of aromatic hydroxyl groups is 2. The van der Waals surface area contributed by atoms with Gasteiger partial charge >= 0.3 is 0 Å². The Hall–Kier alpha value is -1.11. The Kier molecular flexibility index (Phi) is 4.92. The highest BCUT2D eigenvalue weighted by molar-refractivity contribution is 5.85. The molecule has 0 amide bonds. The number of phenols is 2. The van der Waals surface area contributed by atoms with E-state index in [1.807, 2.05) is 0 Å². The van der Waals surface area contributed by atoms with Crippen LogP contribution in [0.4, 0.5) is 8.78 Å². The summed E-state index contributed by atoms with van der Waals surface area (Å²) in [6.45, 7) is -1.43. The molecule has 0 heterocycles. The lowest BCUT2D eigenvalue weighted by Crippen LogP contribution is -2.36. The molecule has 0 aliphatic rings. The van der Waals surface area contributed by atoms with Gasteiger partial charge in [-0.2, -0.15) is 0 Å². The van der Waals surface area contributed by atoms with E-state index in [-0.39, 0.29) is 18.0 Å². The number of rotatable bonds is 3. The van der Waals surface area contributed by atoms with Gasteiger partial charge in [0, 0.05) is 5.56 Å². The predicted molar refractivity (Wildman–Crippen MR) is 56.0 cm³/mol. The highest BCUT2D eigenvalue weighted by Gasteiger charge is 2.38. The van der Waals surface area contributed by atoms with Crippen LogP contribution < -0.4 is 5.73 Å². The first-order valence-electron chi connectivity index (χ1n) is 4.15. The minimum absolute atomic E-state index is 0. The lowest BCUT2D eigenvalue weighted by molar-refractivity contribution is -0.0716. The molecule has 1 aromatic carbocycles. The number of benzene rings is 1. The minimum Gasteiger partial charge on any atom is -0.504 e. The molecule has 0 saturated carbocycles. The van der Waals surface area contributed by atoms with Crippen LogP contribution in [0.15, 0.2) is 18.2 Å². The Balaban J connectivity index is 0.00000225. The van der Waals surface area contributed by atoms with Crippen LogP contribution in [-0.4, -0.2) is 27.8 Å². The van der Waals surface area contributed by atoms with Crippen molar-refractivity contribution in [3.05, 3.63) is 23.8 Å². The van der Waals surface area contributed by atoms with Crippen LogP contribution in [-0.2, 0) is 0 Å². The van der Waals surface area contributed by atoms with Crippen molar-refractivity contribution in [2.45, 2.75) is 12.0 Å². The van der Waals surface area contributed by atoms with Gasteiger partial charge in [-0.15, -0.1) is 12.4 Å². The molecule has 0 fully saturated rings. The second kappa shape index (κ2) is 5.29. The smallest absolute Gasteiger partial charge is 0.289 e. The second-order valence-electron chi connectivity index (χ2n) is 3.11. The molecule has 0 aliphatic carbocycles. The van der Waals surface area contributed by atoms with E-state index in [1.165, 1.54) is 6.07 Å². The number of aliphatic hydroxyl groups is 1. The third-order valence-electron chi connectivity index (χ3n) is 2.05. The fourth-order valence-electron chi connectivity index (χ4n) is 1.13. The van der Waals surface area contributed by atoms with E-state index in [0.717, 1.165) is 12.1 Å². The first kappa shape index (κ1) is 14.9. The number of nitrogens with two attached hydrogens (primary N) is 1. The average Bonchev–Trinajstić information content (AvgIpc) is 2.21. The highest BCUT2D eigenvalue weighted by Crippen LogP contribution is 2.37. The summed E-state index contributed by atoms with van der Waals surface area (Å²) in [5, 5.41) is 26.8. The molecule has 0 radical (unpaired) electrons. The van der Waals surface area contributed by atoms with Crippen LogP contribution >= 0.6 is 12.4 Å². The van der Waals surface area contributed by atoms with E-state index >= 15 is 0 Å². The summed E-state index contributed by atoms with van der Waals surface area (Å²) in [5.41, 5.74) is 4.86. The van der Waals surface area contributed by atoms with Crippen LogP contribution in [0.1, 0.15) is 11.6 Å². The first-order valence-corrected chi connectivity index (χ1v) is 4.15. The number of phenolic OH excluding ortho intramolecular Hbond substituents is 2. The molecule has 1 aromatic rings. The number of alkyl halides is 2. The molecule has 1 rings (SSSR count). The molecule has 0 spiro atoms. The van der Waals surface area contributed by atoms with Crippen LogP contribution in [0.2, 0.25) is 0 Å². The molecule has 7 heteroatoms. The molecule has 1 atom stereocenters. The third kappa shape index (κ3) is 2.72. The topological polar surface area (TPSA) is 86.7 Å². The monoisotopic (exact) mass is 255 g/mol. The Morgan fingerprint density at radius 3 is 2.38 bits per heavy atom. The Morgan fingerprint density at radius 2 is 1.88 bits per heavy atom. The zero-order valence-electron chi connectivity index (χ0n) is 8.10. The van der Waals surface area contributed by atoms with Crippen molar-refractivity contribution < 1.29 is 24.1 Å². The van der Waals surface area contributed by atoms with Crippen molar-refractivity contribution in [1.29, 1.82) is 0 Å². The first-order chi connectivity index (χ1) is 6.90. The Bertz CT molecular complexity index is 363. The number of hydrogen-bond acceptors (Lipinski definition) is 4. The molecular weight excluding hydrogens is 244 g/mol. The van der Waals surface area contributed by atoms with Gasteiger partial charge in [0.2, 0.25) is 0 Å². The van der Waals surface area contributed by atoms with Crippen molar-refractivity contribution in [3.63, 3.8) is 0 Å². The van der Waals surface area contributed by atoms with Crippen molar-refractivity contribution in [1.82, 2.24) is 0 Å².